The standard InChI is InChI=1S/C15H11ClN2O3/c16-14-2-1-3-15(13(14)10-17)21-9-8-11-4-6-12(7-5-11)18(19)20/h1-7H,8-9H2. The van der Waals surface area contributed by atoms with Crippen molar-refractivity contribution in [3.8, 4) is 11.8 Å². The maximum absolute atomic E-state index is 10.6. The molecule has 0 aromatic heterocycles. The van der Waals surface area contributed by atoms with Gasteiger partial charge in [0.05, 0.1) is 16.6 Å². The molecular formula is C15H11ClN2O3. The van der Waals surface area contributed by atoms with E-state index in [-0.39, 0.29) is 5.69 Å². The van der Waals surface area contributed by atoms with Crippen LogP contribution in [-0.4, -0.2) is 11.5 Å². The number of nitrogens with zero attached hydrogens (tertiary/aromatic N) is 2. The van der Waals surface area contributed by atoms with Crippen LogP contribution in [-0.2, 0) is 6.42 Å². The summed E-state index contributed by atoms with van der Waals surface area (Å²) in [6.45, 7) is 0.354. The van der Waals surface area contributed by atoms with Crippen LogP contribution in [0, 0.1) is 21.4 Å². The van der Waals surface area contributed by atoms with Gasteiger partial charge in [-0.15, -0.1) is 0 Å². The van der Waals surface area contributed by atoms with E-state index >= 15 is 0 Å². The van der Waals surface area contributed by atoms with Crippen LogP contribution < -0.4 is 4.74 Å². The Morgan fingerprint density at radius 1 is 1.24 bits per heavy atom. The molecule has 0 spiro atoms. The zero-order valence-electron chi connectivity index (χ0n) is 11.0. The molecule has 0 unspecified atom stereocenters. The molecule has 5 nitrogen and oxygen atoms in total. The van der Waals surface area contributed by atoms with E-state index in [0.717, 1.165) is 5.56 Å². The van der Waals surface area contributed by atoms with E-state index in [0.29, 0.717) is 29.4 Å². The topological polar surface area (TPSA) is 76.2 Å². The maximum atomic E-state index is 10.6. The quantitative estimate of drug-likeness (QED) is 0.622. The van der Waals surface area contributed by atoms with Gasteiger partial charge in [-0.25, -0.2) is 0 Å². The predicted octanol–water partition coefficient (Wildman–Crippen LogP) is 3.74. The fourth-order valence-electron chi connectivity index (χ4n) is 1.80. The first kappa shape index (κ1) is 14.8. The molecule has 21 heavy (non-hydrogen) atoms. The molecule has 0 saturated carbocycles. The Labute approximate surface area is 126 Å². The first-order chi connectivity index (χ1) is 10.1. The van der Waals surface area contributed by atoms with Gasteiger partial charge in [0.25, 0.3) is 5.69 Å². The van der Waals surface area contributed by atoms with Crippen LogP contribution in [0.1, 0.15) is 11.1 Å². The van der Waals surface area contributed by atoms with Gasteiger partial charge >= 0.3 is 0 Å². The number of ether oxygens (including phenoxy) is 1. The zero-order chi connectivity index (χ0) is 15.2. The van der Waals surface area contributed by atoms with Crippen LogP contribution in [0.4, 0.5) is 5.69 Å². The highest BCUT2D eigenvalue weighted by atomic mass is 35.5. The maximum Gasteiger partial charge on any atom is 0.269 e. The Kier molecular flexibility index (Phi) is 4.75. The van der Waals surface area contributed by atoms with Crippen molar-refractivity contribution >= 4 is 17.3 Å². The highest BCUT2D eigenvalue weighted by Gasteiger charge is 2.08. The number of benzene rings is 2. The zero-order valence-corrected chi connectivity index (χ0v) is 11.7. The molecule has 0 bridgehead atoms. The molecule has 2 aromatic carbocycles. The second kappa shape index (κ2) is 6.73. The lowest BCUT2D eigenvalue weighted by Gasteiger charge is -2.08. The number of hydrogen-bond acceptors (Lipinski definition) is 4. The molecule has 6 heteroatoms. The van der Waals surface area contributed by atoms with Crippen LogP contribution in [0.2, 0.25) is 5.02 Å². The third kappa shape index (κ3) is 3.71. The van der Waals surface area contributed by atoms with Crippen LogP contribution >= 0.6 is 11.6 Å². The minimum atomic E-state index is -0.439. The van der Waals surface area contributed by atoms with Crippen LogP contribution in [0.25, 0.3) is 0 Å². The largest absolute Gasteiger partial charge is 0.492 e. The number of nitro groups is 1. The fraction of sp³-hybridized carbons (Fsp3) is 0.133. The molecule has 0 fully saturated rings. The lowest BCUT2D eigenvalue weighted by molar-refractivity contribution is -0.384. The van der Waals surface area contributed by atoms with Crippen LogP contribution in [0.3, 0.4) is 0 Å². The van der Waals surface area contributed by atoms with Crippen LogP contribution in [0.15, 0.2) is 42.5 Å². The van der Waals surface area contributed by atoms with Gasteiger partial charge in [-0.3, -0.25) is 10.1 Å². The summed E-state index contributed by atoms with van der Waals surface area (Å²) in [5, 5.41) is 19.9. The van der Waals surface area contributed by atoms with Gasteiger partial charge in [-0.2, -0.15) is 5.26 Å². The van der Waals surface area contributed by atoms with E-state index in [9.17, 15) is 10.1 Å². The molecule has 2 rings (SSSR count). The van der Waals surface area contributed by atoms with Crippen molar-refractivity contribution < 1.29 is 9.66 Å². The Bertz CT molecular complexity index is 693. The minimum absolute atomic E-state index is 0.0567. The Hall–Kier alpha value is -2.58. The summed E-state index contributed by atoms with van der Waals surface area (Å²) in [6, 6.07) is 13.3. The lowest BCUT2D eigenvalue weighted by Crippen LogP contribution is -2.03. The number of nitriles is 1. The van der Waals surface area contributed by atoms with Gasteiger partial charge in [0.15, 0.2) is 0 Å². The van der Waals surface area contributed by atoms with Gasteiger partial charge in [-0.1, -0.05) is 29.8 Å². The molecule has 2 aromatic rings. The Morgan fingerprint density at radius 2 is 1.95 bits per heavy atom. The minimum Gasteiger partial charge on any atom is -0.492 e. The van der Waals surface area contributed by atoms with Crippen molar-refractivity contribution in [2.24, 2.45) is 0 Å². The number of non-ortho nitro benzene ring substituents is 1. The molecule has 0 atom stereocenters. The van der Waals surface area contributed by atoms with Gasteiger partial charge < -0.3 is 4.74 Å². The van der Waals surface area contributed by atoms with E-state index in [2.05, 4.69) is 0 Å². The first-order valence-electron chi connectivity index (χ1n) is 6.16. The third-order valence-corrected chi connectivity index (χ3v) is 3.20. The molecule has 106 valence electrons. The number of nitro benzene ring substituents is 1. The summed E-state index contributed by atoms with van der Waals surface area (Å²) >= 11 is 5.91. The van der Waals surface area contributed by atoms with Crippen molar-refractivity contribution in [3.05, 3.63) is 68.7 Å². The number of hydrogen-bond donors (Lipinski definition) is 0. The van der Waals surface area contributed by atoms with Crippen LogP contribution in [0.5, 0.6) is 5.75 Å². The molecule has 0 saturated heterocycles. The SMILES string of the molecule is N#Cc1c(Cl)cccc1OCCc1ccc([N+](=O)[O-])cc1. The smallest absolute Gasteiger partial charge is 0.269 e. The molecule has 0 aliphatic heterocycles. The highest BCUT2D eigenvalue weighted by molar-refractivity contribution is 6.31. The van der Waals surface area contributed by atoms with E-state index < -0.39 is 4.92 Å². The second-order valence-electron chi connectivity index (χ2n) is 4.25. The summed E-state index contributed by atoms with van der Waals surface area (Å²) < 4.78 is 5.55. The van der Waals surface area contributed by atoms with E-state index in [1.54, 1.807) is 30.3 Å². The normalized spacial score (nSPS) is 9.90. The monoisotopic (exact) mass is 302 g/mol. The molecule has 0 aliphatic carbocycles. The predicted molar refractivity (Wildman–Crippen MR) is 78.5 cm³/mol. The fourth-order valence-corrected chi connectivity index (χ4v) is 2.00. The van der Waals surface area contributed by atoms with E-state index in [4.69, 9.17) is 21.6 Å². The van der Waals surface area contributed by atoms with Gasteiger partial charge in [0.2, 0.25) is 0 Å². The third-order valence-electron chi connectivity index (χ3n) is 2.88. The highest BCUT2D eigenvalue weighted by Crippen LogP contribution is 2.25. The van der Waals surface area contributed by atoms with Crippen molar-refractivity contribution in [1.29, 1.82) is 5.26 Å². The average molecular weight is 303 g/mol. The van der Waals surface area contributed by atoms with E-state index in [1.807, 2.05) is 6.07 Å². The van der Waals surface area contributed by atoms with Crippen molar-refractivity contribution in [2.75, 3.05) is 6.61 Å². The van der Waals surface area contributed by atoms with Gasteiger partial charge in [0, 0.05) is 18.6 Å². The number of halogens is 1. The number of rotatable bonds is 5. The summed E-state index contributed by atoms with van der Waals surface area (Å²) in [6.07, 6.45) is 0.579. The second-order valence-corrected chi connectivity index (χ2v) is 4.65. The molecule has 0 amide bonds. The first-order valence-corrected chi connectivity index (χ1v) is 6.54. The van der Waals surface area contributed by atoms with Crippen molar-refractivity contribution in [2.45, 2.75) is 6.42 Å². The van der Waals surface area contributed by atoms with Gasteiger partial charge in [-0.05, 0) is 17.7 Å². The molecule has 0 aliphatic rings. The summed E-state index contributed by atoms with van der Waals surface area (Å²) in [4.78, 5) is 10.1. The van der Waals surface area contributed by atoms with Crippen molar-refractivity contribution in [3.63, 3.8) is 0 Å². The summed E-state index contributed by atoms with van der Waals surface area (Å²) in [5.41, 5.74) is 1.28. The summed E-state index contributed by atoms with van der Waals surface area (Å²) in [7, 11) is 0. The summed E-state index contributed by atoms with van der Waals surface area (Å²) in [5.74, 6) is 0.437. The lowest BCUT2D eigenvalue weighted by atomic mass is 10.1. The molecule has 0 radical (unpaired) electrons. The Morgan fingerprint density at radius 3 is 2.57 bits per heavy atom. The average Bonchev–Trinajstić information content (AvgIpc) is 2.48. The van der Waals surface area contributed by atoms with E-state index in [1.165, 1.54) is 12.1 Å². The van der Waals surface area contributed by atoms with Crippen molar-refractivity contribution in [1.82, 2.24) is 0 Å². The molecular weight excluding hydrogens is 292 g/mol. The van der Waals surface area contributed by atoms with Gasteiger partial charge in [0.1, 0.15) is 17.4 Å². The molecule has 0 N–H and O–H groups in total. The Balaban J connectivity index is 1.97. The molecule has 0 heterocycles.